The average Bonchev–Trinajstić information content (AvgIpc) is 2.59. The number of aryl methyl sites for hydroxylation is 1. The van der Waals surface area contributed by atoms with Gasteiger partial charge in [0.1, 0.15) is 0 Å². The summed E-state index contributed by atoms with van der Waals surface area (Å²) >= 11 is 0. The number of carbonyl (C=O) groups excluding carboxylic acids is 2. The molecule has 0 aliphatic heterocycles. The van der Waals surface area contributed by atoms with Crippen LogP contribution in [-0.4, -0.2) is 33.0 Å². The number of sulfone groups is 1. The van der Waals surface area contributed by atoms with E-state index in [1.54, 1.807) is 12.1 Å². The van der Waals surface area contributed by atoms with E-state index in [0.717, 1.165) is 24.7 Å². The first kappa shape index (κ1) is 18.9. The van der Waals surface area contributed by atoms with E-state index < -0.39 is 15.8 Å². The maximum absolute atomic E-state index is 12.1. The third-order valence-corrected chi connectivity index (χ3v) is 4.80. The summed E-state index contributed by atoms with van der Waals surface area (Å²) in [6.07, 6.45) is 3.07. The number of esters is 1. The molecule has 0 atom stereocenters. The third-order valence-electron chi connectivity index (χ3n) is 3.67. The second-order valence-electron chi connectivity index (χ2n) is 5.74. The number of hydrogen-bond acceptors (Lipinski definition) is 5. The monoisotopic (exact) mass is 360 g/mol. The van der Waals surface area contributed by atoms with Gasteiger partial charge in [0.15, 0.2) is 22.2 Å². The van der Waals surface area contributed by atoms with Gasteiger partial charge in [0, 0.05) is 11.8 Å². The number of carbonyl (C=O) groups is 2. The van der Waals surface area contributed by atoms with Crippen LogP contribution in [0, 0.1) is 0 Å². The summed E-state index contributed by atoms with van der Waals surface area (Å²) in [5, 5.41) is 0. The highest BCUT2D eigenvalue weighted by Crippen LogP contribution is 2.12. The van der Waals surface area contributed by atoms with Crippen molar-refractivity contribution in [2.45, 2.75) is 24.7 Å². The lowest BCUT2D eigenvalue weighted by molar-refractivity contribution is 0.0474. The molecule has 0 spiro atoms. The van der Waals surface area contributed by atoms with Gasteiger partial charge in [-0.05, 0) is 36.2 Å². The van der Waals surface area contributed by atoms with E-state index in [1.165, 1.54) is 24.3 Å². The number of ether oxygens (including phenoxy) is 1. The first-order valence-electron chi connectivity index (χ1n) is 7.90. The molecule has 132 valence electrons. The molecule has 0 unspecified atom stereocenters. The average molecular weight is 360 g/mol. The van der Waals surface area contributed by atoms with Gasteiger partial charge < -0.3 is 4.74 Å². The lowest BCUT2D eigenvalue weighted by Gasteiger charge is -2.06. The molecule has 0 saturated heterocycles. The molecule has 0 N–H and O–H groups in total. The Kier molecular flexibility index (Phi) is 6.09. The summed E-state index contributed by atoms with van der Waals surface area (Å²) in [5.74, 6) is -0.958. The molecule has 0 radical (unpaired) electrons. The number of rotatable bonds is 7. The van der Waals surface area contributed by atoms with Crippen LogP contribution in [0.2, 0.25) is 0 Å². The highest BCUT2D eigenvalue weighted by atomic mass is 32.2. The molecule has 0 fully saturated rings. The Morgan fingerprint density at radius 2 is 1.48 bits per heavy atom. The molecule has 25 heavy (non-hydrogen) atoms. The van der Waals surface area contributed by atoms with E-state index in [-0.39, 0.29) is 22.8 Å². The molecular weight excluding hydrogens is 340 g/mol. The van der Waals surface area contributed by atoms with Crippen molar-refractivity contribution in [1.29, 1.82) is 0 Å². The summed E-state index contributed by atoms with van der Waals surface area (Å²) < 4.78 is 27.8. The van der Waals surface area contributed by atoms with Gasteiger partial charge in [-0.1, -0.05) is 37.6 Å². The van der Waals surface area contributed by atoms with Gasteiger partial charge >= 0.3 is 5.97 Å². The van der Waals surface area contributed by atoms with Crippen molar-refractivity contribution in [2.24, 2.45) is 0 Å². The molecule has 6 heteroatoms. The zero-order valence-electron chi connectivity index (χ0n) is 14.2. The Morgan fingerprint density at radius 3 is 2.00 bits per heavy atom. The molecular formula is C19H20O5S. The van der Waals surface area contributed by atoms with E-state index in [2.05, 4.69) is 6.92 Å². The number of benzene rings is 2. The largest absolute Gasteiger partial charge is 0.454 e. The Balaban J connectivity index is 1.96. The van der Waals surface area contributed by atoms with Gasteiger partial charge in [0.2, 0.25) is 0 Å². The van der Waals surface area contributed by atoms with Crippen LogP contribution in [0.15, 0.2) is 53.4 Å². The second kappa shape index (κ2) is 8.07. The van der Waals surface area contributed by atoms with Crippen molar-refractivity contribution in [3.63, 3.8) is 0 Å². The van der Waals surface area contributed by atoms with Gasteiger partial charge in [-0.25, -0.2) is 13.2 Å². The molecule has 0 aromatic heterocycles. The van der Waals surface area contributed by atoms with Crippen LogP contribution in [-0.2, 0) is 21.0 Å². The van der Waals surface area contributed by atoms with Crippen LogP contribution in [0.4, 0.5) is 0 Å². The minimum atomic E-state index is -3.32. The molecule has 0 aliphatic rings. The summed E-state index contributed by atoms with van der Waals surface area (Å²) in [6, 6.07) is 12.6. The van der Waals surface area contributed by atoms with Gasteiger partial charge in [-0.15, -0.1) is 0 Å². The molecule has 5 nitrogen and oxygen atoms in total. The summed E-state index contributed by atoms with van der Waals surface area (Å²) in [6.45, 7) is 1.72. The standard InChI is InChI=1S/C19H20O5S/c1-3-4-14-5-7-15(8-6-14)18(20)13-24-19(21)16-9-11-17(12-10-16)25(2,22)23/h5-12H,3-4,13H2,1-2H3. The topological polar surface area (TPSA) is 77.5 Å². The maximum Gasteiger partial charge on any atom is 0.338 e. The highest BCUT2D eigenvalue weighted by Gasteiger charge is 2.13. The Bertz CT molecular complexity index is 850. The molecule has 0 saturated carbocycles. The van der Waals surface area contributed by atoms with E-state index in [4.69, 9.17) is 4.74 Å². The molecule has 2 rings (SSSR count). The van der Waals surface area contributed by atoms with Crippen molar-refractivity contribution in [2.75, 3.05) is 12.9 Å². The lowest BCUT2D eigenvalue weighted by Crippen LogP contribution is -2.14. The van der Waals surface area contributed by atoms with Crippen LogP contribution in [0.1, 0.15) is 39.6 Å². The fraction of sp³-hybridized carbons (Fsp3) is 0.263. The quantitative estimate of drug-likeness (QED) is 0.560. The normalized spacial score (nSPS) is 11.1. The molecule has 2 aromatic rings. The predicted octanol–water partition coefficient (Wildman–Crippen LogP) is 3.08. The maximum atomic E-state index is 12.1. The van der Waals surface area contributed by atoms with Crippen molar-refractivity contribution in [1.82, 2.24) is 0 Å². The molecule has 0 aliphatic carbocycles. The van der Waals surface area contributed by atoms with Crippen molar-refractivity contribution in [3.8, 4) is 0 Å². The van der Waals surface area contributed by atoms with Crippen molar-refractivity contribution >= 4 is 21.6 Å². The highest BCUT2D eigenvalue weighted by molar-refractivity contribution is 7.90. The second-order valence-corrected chi connectivity index (χ2v) is 7.76. The molecule has 2 aromatic carbocycles. The van der Waals surface area contributed by atoms with Crippen molar-refractivity contribution < 1.29 is 22.7 Å². The van der Waals surface area contributed by atoms with Gasteiger partial charge in [-0.3, -0.25) is 4.79 Å². The van der Waals surface area contributed by atoms with Crippen molar-refractivity contribution in [3.05, 3.63) is 65.2 Å². The number of Topliss-reactive ketones (excluding diaryl/α,β-unsaturated/α-hetero) is 1. The third kappa shape index (κ3) is 5.26. The molecule has 0 bridgehead atoms. The van der Waals surface area contributed by atoms with Crippen LogP contribution < -0.4 is 0 Å². The van der Waals surface area contributed by atoms with Crippen LogP contribution in [0.5, 0.6) is 0 Å². The van der Waals surface area contributed by atoms with Gasteiger partial charge in [0.25, 0.3) is 0 Å². The zero-order chi connectivity index (χ0) is 18.4. The van der Waals surface area contributed by atoms with Crippen LogP contribution >= 0.6 is 0 Å². The van der Waals surface area contributed by atoms with E-state index in [0.29, 0.717) is 5.56 Å². The smallest absolute Gasteiger partial charge is 0.338 e. The fourth-order valence-electron chi connectivity index (χ4n) is 2.28. The minimum absolute atomic E-state index is 0.118. The van der Waals surface area contributed by atoms with Gasteiger partial charge in [-0.2, -0.15) is 0 Å². The Labute approximate surface area is 147 Å². The minimum Gasteiger partial charge on any atom is -0.454 e. The van der Waals surface area contributed by atoms with E-state index in [9.17, 15) is 18.0 Å². The van der Waals surface area contributed by atoms with Gasteiger partial charge in [0.05, 0.1) is 10.5 Å². The SMILES string of the molecule is CCCc1ccc(C(=O)COC(=O)c2ccc(S(C)(=O)=O)cc2)cc1. The molecule has 0 amide bonds. The first-order valence-corrected chi connectivity index (χ1v) is 9.80. The molecule has 0 heterocycles. The Hall–Kier alpha value is -2.47. The van der Waals surface area contributed by atoms with Crippen LogP contribution in [0.25, 0.3) is 0 Å². The van der Waals surface area contributed by atoms with E-state index in [1.807, 2.05) is 12.1 Å². The summed E-state index contributed by atoms with van der Waals surface area (Å²) in [4.78, 5) is 24.2. The van der Waals surface area contributed by atoms with E-state index >= 15 is 0 Å². The number of ketones is 1. The Morgan fingerprint density at radius 1 is 0.920 bits per heavy atom. The zero-order valence-corrected chi connectivity index (χ0v) is 15.0. The first-order chi connectivity index (χ1) is 11.8. The summed E-state index contributed by atoms with van der Waals surface area (Å²) in [5.41, 5.74) is 1.83. The number of hydrogen-bond donors (Lipinski definition) is 0. The lowest BCUT2D eigenvalue weighted by atomic mass is 10.1. The summed E-state index contributed by atoms with van der Waals surface area (Å²) in [7, 11) is -3.32. The predicted molar refractivity (Wildman–Crippen MR) is 94.6 cm³/mol. The van der Waals surface area contributed by atoms with Crippen LogP contribution in [0.3, 0.4) is 0 Å². The fourth-order valence-corrected chi connectivity index (χ4v) is 2.91.